The molecule has 3 N–H and O–H groups in total. The molecule has 0 aromatic carbocycles. The van der Waals surface area contributed by atoms with E-state index >= 15 is 0 Å². The minimum absolute atomic E-state index is 0.118. The largest absolute Gasteiger partial charge is 0.394 e. The first-order valence-corrected chi connectivity index (χ1v) is 12.9. The fourth-order valence-corrected chi connectivity index (χ4v) is 6.67. The smallest absolute Gasteiger partial charge is 0.245 e. The molecule has 0 aromatic heterocycles. The Labute approximate surface area is 199 Å². The van der Waals surface area contributed by atoms with E-state index in [1.165, 1.54) is 0 Å². The minimum Gasteiger partial charge on any atom is -0.394 e. The predicted octanol–water partition coefficient (Wildman–Crippen LogP) is 1.58. The van der Waals surface area contributed by atoms with Gasteiger partial charge in [0, 0.05) is 17.9 Å². The Morgan fingerprint density at radius 3 is 2.50 bits per heavy atom. The van der Waals surface area contributed by atoms with E-state index in [0.717, 1.165) is 19.3 Å². The quantitative estimate of drug-likeness (QED) is 0.286. The van der Waals surface area contributed by atoms with E-state index in [4.69, 9.17) is 4.74 Å². The van der Waals surface area contributed by atoms with Crippen molar-refractivity contribution in [3.63, 3.8) is 0 Å². The van der Waals surface area contributed by atoms with E-state index in [2.05, 4.69) is 26.6 Å². The number of halogens is 1. The number of hydrogen-bond acceptors (Lipinski definition) is 5. The number of aliphatic hydroxyl groups is 1. The van der Waals surface area contributed by atoms with Gasteiger partial charge < -0.3 is 25.4 Å². The van der Waals surface area contributed by atoms with Crippen LogP contribution >= 0.6 is 15.9 Å². The summed E-state index contributed by atoms with van der Waals surface area (Å²) in [5.41, 5.74) is -1.06. The highest BCUT2D eigenvalue weighted by molar-refractivity contribution is 9.09. The summed E-state index contributed by atoms with van der Waals surface area (Å²) in [6.45, 7) is 8.88. The SMILES string of the molecule is CCCCNC(=O)C1N([C@@H](CO)CC(C)C)C(=O)[C@@H]2[C@@H](C(=O)NCCC)[C@@H]3OC12CC3Br. The average molecular weight is 516 g/mol. The van der Waals surface area contributed by atoms with Gasteiger partial charge in [-0.2, -0.15) is 0 Å². The Morgan fingerprint density at radius 1 is 1.22 bits per heavy atom. The number of aliphatic hydroxyl groups excluding tert-OH is 1. The number of hydrogen-bond donors (Lipinski definition) is 3. The topological polar surface area (TPSA) is 108 Å². The highest BCUT2D eigenvalue weighted by Crippen LogP contribution is 2.60. The molecule has 2 bridgehead atoms. The van der Waals surface area contributed by atoms with Crippen LogP contribution in [0.3, 0.4) is 0 Å². The Morgan fingerprint density at radius 2 is 1.91 bits per heavy atom. The fraction of sp³-hybridized carbons (Fsp3) is 0.870. The second-order valence-electron chi connectivity index (χ2n) is 9.81. The molecule has 7 atom stereocenters. The molecule has 32 heavy (non-hydrogen) atoms. The molecule has 0 aliphatic carbocycles. The zero-order chi connectivity index (χ0) is 23.6. The molecule has 1 spiro atoms. The molecule has 3 rings (SSSR count). The Bertz CT molecular complexity index is 720. The van der Waals surface area contributed by atoms with Gasteiger partial charge in [-0.3, -0.25) is 14.4 Å². The zero-order valence-electron chi connectivity index (χ0n) is 19.6. The summed E-state index contributed by atoms with van der Waals surface area (Å²) in [6.07, 6.45) is 3.17. The molecule has 8 nitrogen and oxygen atoms in total. The van der Waals surface area contributed by atoms with Crippen molar-refractivity contribution in [1.29, 1.82) is 0 Å². The van der Waals surface area contributed by atoms with Crippen molar-refractivity contribution in [3.05, 3.63) is 0 Å². The lowest BCUT2D eigenvalue weighted by atomic mass is 9.70. The third-order valence-corrected chi connectivity index (χ3v) is 7.85. The summed E-state index contributed by atoms with van der Waals surface area (Å²) >= 11 is 3.66. The highest BCUT2D eigenvalue weighted by Gasteiger charge is 2.76. The van der Waals surface area contributed by atoms with E-state index in [-0.39, 0.29) is 35.1 Å². The Kier molecular flexibility index (Phi) is 8.25. The number of carbonyl (C=O) groups excluding carboxylic acids is 3. The third kappa shape index (κ3) is 4.32. The molecule has 3 amide bonds. The van der Waals surface area contributed by atoms with Gasteiger partial charge in [0.1, 0.15) is 11.6 Å². The molecule has 0 radical (unpaired) electrons. The minimum atomic E-state index is -1.06. The number of amides is 3. The van der Waals surface area contributed by atoms with Gasteiger partial charge >= 0.3 is 0 Å². The van der Waals surface area contributed by atoms with Crippen molar-refractivity contribution in [2.45, 2.75) is 88.4 Å². The van der Waals surface area contributed by atoms with Gasteiger partial charge in [0.2, 0.25) is 17.7 Å². The molecular weight excluding hydrogens is 478 g/mol. The number of likely N-dealkylation sites (tertiary alicyclic amines) is 1. The number of fused-ring (bicyclic) bond motifs is 1. The van der Waals surface area contributed by atoms with E-state index < -0.39 is 35.6 Å². The van der Waals surface area contributed by atoms with Crippen LogP contribution in [0.1, 0.15) is 59.8 Å². The molecular formula is C23H38BrN3O5. The van der Waals surface area contributed by atoms with Crippen LogP contribution in [0.15, 0.2) is 0 Å². The third-order valence-electron chi connectivity index (χ3n) is 7.00. The Hall–Kier alpha value is -1.19. The van der Waals surface area contributed by atoms with Crippen LogP contribution in [0.2, 0.25) is 0 Å². The van der Waals surface area contributed by atoms with Crippen molar-refractivity contribution < 1.29 is 24.2 Å². The van der Waals surface area contributed by atoms with Crippen molar-refractivity contribution >= 4 is 33.7 Å². The van der Waals surface area contributed by atoms with Gasteiger partial charge in [-0.15, -0.1) is 0 Å². The highest BCUT2D eigenvalue weighted by atomic mass is 79.9. The average Bonchev–Trinajstić information content (AvgIpc) is 3.33. The van der Waals surface area contributed by atoms with Crippen molar-refractivity contribution in [1.82, 2.24) is 15.5 Å². The van der Waals surface area contributed by atoms with Crippen LogP contribution in [-0.2, 0) is 19.1 Å². The van der Waals surface area contributed by atoms with E-state index in [9.17, 15) is 19.5 Å². The normalized spacial score (nSPS) is 34.2. The molecule has 3 unspecified atom stereocenters. The van der Waals surface area contributed by atoms with Gasteiger partial charge in [-0.05, 0) is 31.6 Å². The summed E-state index contributed by atoms with van der Waals surface area (Å²) in [5, 5.41) is 16.1. The van der Waals surface area contributed by atoms with E-state index in [0.29, 0.717) is 25.9 Å². The maximum absolute atomic E-state index is 13.9. The summed E-state index contributed by atoms with van der Waals surface area (Å²) < 4.78 is 6.44. The standard InChI is InChI=1S/C23H38BrN3O5/c1-5-7-9-26-21(30)19-23-11-15(24)18(32-23)16(20(29)25-8-6-2)17(23)22(31)27(19)14(12-28)10-13(3)4/h13-19,28H,5-12H2,1-4H3,(H,25,29)(H,26,30)/t14-,15?,16-,17+,18-,19?,23?/m1/s1. The van der Waals surface area contributed by atoms with Gasteiger partial charge in [-0.1, -0.05) is 50.0 Å². The summed E-state index contributed by atoms with van der Waals surface area (Å²) in [7, 11) is 0. The van der Waals surface area contributed by atoms with E-state index in [1.807, 2.05) is 27.7 Å². The molecule has 3 heterocycles. The van der Waals surface area contributed by atoms with E-state index in [1.54, 1.807) is 4.90 Å². The van der Waals surface area contributed by atoms with Gasteiger partial charge in [-0.25, -0.2) is 0 Å². The van der Waals surface area contributed by atoms with Crippen molar-refractivity contribution in [2.24, 2.45) is 17.8 Å². The zero-order valence-corrected chi connectivity index (χ0v) is 21.2. The summed E-state index contributed by atoms with van der Waals surface area (Å²) in [5.74, 6) is -1.85. The molecule has 0 saturated carbocycles. The van der Waals surface area contributed by atoms with Crippen LogP contribution in [-0.4, -0.2) is 76.0 Å². The molecule has 3 saturated heterocycles. The van der Waals surface area contributed by atoms with Crippen molar-refractivity contribution in [2.75, 3.05) is 19.7 Å². The first-order chi connectivity index (χ1) is 15.2. The molecule has 0 aromatic rings. The van der Waals surface area contributed by atoms with Crippen molar-refractivity contribution in [3.8, 4) is 0 Å². The lowest BCUT2D eigenvalue weighted by Gasteiger charge is -2.37. The lowest BCUT2D eigenvalue weighted by Crippen LogP contribution is -2.58. The molecule has 3 fully saturated rings. The number of rotatable bonds is 11. The number of nitrogens with zero attached hydrogens (tertiary/aromatic N) is 1. The summed E-state index contributed by atoms with van der Waals surface area (Å²) in [4.78, 5) is 41.9. The molecule has 9 heteroatoms. The first kappa shape index (κ1) is 25.4. The van der Waals surface area contributed by atoms with Crippen LogP contribution in [0.4, 0.5) is 0 Å². The number of unbranched alkanes of at least 4 members (excludes halogenated alkanes) is 1. The van der Waals surface area contributed by atoms with Gasteiger partial charge in [0.15, 0.2) is 0 Å². The fourth-order valence-electron chi connectivity index (χ4n) is 5.73. The maximum Gasteiger partial charge on any atom is 0.245 e. The number of carbonyl (C=O) groups is 3. The van der Waals surface area contributed by atoms with Gasteiger partial charge in [0.25, 0.3) is 0 Å². The number of nitrogens with one attached hydrogen (secondary N) is 2. The summed E-state index contributed by atoms with van der Waals surface area (Å²) in [6, 6.07) is -1.36. The second kappa shape index (κ2) is 10.4. The monoisotopic (exact) mass is 515 g/mol. The number of alkyl halides is 1. The second-order valence-corrected chi connectivity index (χ2v) is 11.0. The van der Waals surface area contributed by atoms with Crippen LogP contribution in [0.25, 0.3) is 0 Å². The molecule has 3 aliphatic heterocycles. The Balaban J connectivity index is 2.01. The molecule has 182 valence electrons. The van der Waals surface area contributed by atoms with Crippen LogP contribution in [0.5, 0.6) is 0 Å². The number of ether oxygens (including phenoxy) is 1. The molecule has 3 aliphatic rings. The van der Waals surface area contributed by atoms with Crippen LogP contribution < -0.4 is 10.6 Å². The van der Waals surface area contributed by atoms with Gasteiger partial charge in [0.05, 0.1) is 30.6 Å². The maximum atomic E-state index is 13.9. The first-order valence-electron chi connectivity index (χ1n) is 12.0. The lowest BCUT2D eigenvalue weighted by molar-refractivity contribution is -0.146. The predicted molar refractivity (Wildman–Crippen MR) is 124 cm³/mol. The van der Waals surface area contributed by atoms with Crippen LogP contribution in [0, 0.1) is 17.8 Å².